The second-order valence-electron chi connectivity index (χ2n) is 23.6. The first-order valence-corrected chi connectivity index (χ1v) is 30.7. The van der Waals surface area contributed by atoms with Crippen molar-refractivity contribution in [2.45, 2.75) is 147 Å². The third-order valence-electron chi connectivity index (χ3n) is 16.1. The first kappa shape index (κ1) is 64.7. The van der Waals surface area contributed by atoms with E-state index in [-0.39, 0.29) is 62.2 Å². The van der Waals surface area contributed by atoms with Gasteiger partial charge in [-0.15, -0.1) is 0 Å². The van der Waals surface area contributed by atoms with E-state index in [1.807, 2.05) is 28.2 Å². The van der Waals surface area contributed by atoms with E-state index in [0.29, 0.717) is 58.2 Å². The molecule has 18 nitrogen and oxygen atoms in total. The number of anilines is 4. The van der Waals surface area contributed by atoms with E-state index in [9.17, 15) is 33.6 Å². The number of amides is 4. The quantitative estimate of drug-likeness (QED) is 0.00997. The van der Waals surface area contributed by atoms with Gasteiger partial charge >= 0.3 is 5.97 Å². The van der Waals surface area contributed by atoms with Gasteiger partial charge in [0.25, 0.3) is 0 Å². The molecule has 1 fully saturated rings. The minimum Gasteiger partial charge on any atom is -0.446 e. The summed E-state index contributed by atoms with van der Waals surface area (Å²) in [4.78, 5) is 97.0. The molecule has 85 heavy (non-hydrogen) atoms. The molecule has 2 heterocycles. The summed E-state index contributed by atoms with van der Waals surface area (Å²) in [6.45, 7) is 2.96. The summed E-state index contributed by atoms with van der Waals surface area (Å²) in [6, 6.07) is 30.1. The zero-order valence-corrected chi connectivity index (χ0v) is 51.7. The number of hydrogen-bond acceptors (Lipinski definition) is 12. The minimum atomic E-state index is -1.32. The lowest BCUT2D eigenvalue weighted by Crippen LogP contribution is -2.47. The SMILES string of the molecule is CN(C)c1ccc2cc3ccc(N(C)C)cc3[n+](CCCCCC(=O)NCCCCCNC(=O)C(CCCCNC(=O)CCCC(=O)OC3C(=O)CCC3=O)NC(=O)CCCCC[n+]3c4cc(N(C)C)ccc4cc4ccc(N(C)C)cc43)c2c1. The Labute approximate surface area is 502 Å². The molecule has 18 heteroatoms. The van der Waals surface area contributed by atoms with E-state index in [1.54, 1.807) is 0 Å². The molecule has 1 unspecified atom stereocenters. The predicted octanol–water partition coefficient (Wildman–Crippen LogP) is 8.15. The maximum absolute atomic E-state index is 13.7. The van der Waals surface area contributed by atoms with Crippen LogP contribution in [0.5, 0.6) is 0 Å². The Morgan fingerprint density at radius 2 is 0.824 bits per heavy atom. The zero-order chi connectivity index (χ0) is 61.0. The van der Waals surface area contributed by atoms with Gasteiger partial charge < -0.3 is 45.6 Å². The number of ketones is 2. The fourth-order valence-corrected chi connectivity index (χ4v) is 11.0. The number of fused-ring (bicyclic) bond motifs is 4. The normalized spacial score (nSPS) is 12.9. The van der Waals surface area contributed by atoms with Crippen LogP contribution in [0.1, 0.15) is 122 Å². The van der Waals surface area contributed by atoms with Crippen LogP contribution in [0.25, 0.3) is 43.6 Å². The Hall–Kier alpha value is -7.89. The lowest BCUT2D eigenvalue weighted by Gasteiger charge is -2.19. The molecule has 6 aromatic rings. The van der Waals surface area contributed by atoms with Crippen molar-refractivity contribution in [3.63, 3.8) is 0 Å². The van der Waals surface area contributed by atoms with Crippen molar-refractivity contribution >= 4 is 108 Å². The number of rotatable bonds is 34. The molecule has 4 N–H and O–H groups in total. The monoisotopic (exact) mass is 1160 g/mol. The highest BCUT2D eigenvalue weighted by Crippen LogP contribution is 2.28. The van der Waals surface area contributed by atoms with Crippen LogP contribution in [0.4, 0.5) is 22.7 Å². The van der Waals surface area contributed by atoms with E-state index in [4.69, 9.17) is 4.74 Å². The number of carbonyl (C=O) groups excluding carboxylic acids is 7. The molecule has 456 valence electrons. The van der Waals surface area contributed by atoms with Crippen LogP contribution in [0, 0.1) is 0 Å². The van der Waals surface area contributed by atoms with Gasteiger partial charge in [-0.2, -0.15) is 9.13 Å². The Morgan fingerprint density at radius 3 is 1.25 bits per heavy atom. The molecular formula is C67H92N10O8+2. The maximum atomic E-state index is 13.7. The van der Waals surface area contributed by atoms with Crippen LogP contribution in [0.15, 0.2) is 84.9 Å². The third kappa shape index (κ3) is 18.8. The van der Waals surface area contributed by atoms with Crippen molar-refractivity contribution in [2.75, 3.05) is 95.6 Å². The number of hydrogen-bond donors (Lipinski definition) is 4. The van der Waals surface area contributed by atoms with Crippen LogP contribution in [0.2, 0.25) is 0 Å². The number of ether oxygens (including phenoxy) is 1. The molecule has 7 rings (SSSR count). The van der Waals surface area contributed by atoms with Crippen LogP contribution in [-0.4, -0.2) is 129 Å². The van der Waals surface area contributed by atoms with E-state index in [0.717, 1.165) is 103 Å². The maximum Gasteiger partial charge on any atom is 0.306 e. The summed E-state index contributed by atoms with van der Waals surface area (Å²) in [7, 11) is 16.4. The number of pyridine rings is 2. The van der Waals surface area contributed by atoms with Gasteiger partial charge in [0, 0.05) is 196 Å². The Kier molecular flexibility index (Phi) is 24.2. The Morgan fingerprint density at radius 1 is 0.447 bits per heavy atom. The largest absolute Gasteiger partial charge is 0.446 e. The molecule has 0 aliphatic heterocycles. The van der Waals surface area contributed by atoms with Gasteiger partial charge in [0.05, 0.1) is 0 Å². The second-order valence-corrected chi connectivity index (χ2v) is 23.6. The van der Waals surface area contributed by atoms with Crippen molar-refractivity contribution in [3.8, 4) is 0 Å². The van der Waals surface area contributed by atoms with Crippen LogP contribution in [0.3, 0.4) is 0 Å². The summed E-state index contributed by atoms with van der Waals surface area (Å²) < 4.78 is 9.87. The number of aromatic nitrogens is 2. The first-order chi connectivity index (χ1) is 40.9. The Balaban J connectivity index is 0.839. The van der Waals surface area contributed by atoms with Crippen molar-refractivity contribution in [1.29, 1.82) is 0 Å². The van der Waals surface area contributed by atoms with Crippen LogP contribution < -0.4 is 50.0 Å². The number of unbranched alkanes of at least 4 members (excludes halogenated alkanes) is 7. The van der Waals surface area contributed by atoms with Gasteiger partial charge in [0.1, 0.15) is 19.1 Å². The van der Waals surface area contributed by atoms with Gasteiger partial charge in [-0.3, -0.25) is 33.6 Å². The number of nitrogens with one attached hydrogen (secondary N) is 4. The fraction of sp³-hybridized carbons (Fsp3) is 0.507. The molecule has 1 aliphatic rings. The van der Waals surface area contributed by atoms with Gasteiger partial charge in [-0.1, -0.05) is 0 Å². The minimum absolute atomic E-state index is 0.0476. The van der Waals surface area contributed by atoms with Gasteiger partial charge in [0.2, 0.25) is 51.8 Å². The smallest absolute Gasteiger partial charge is 0.306 e. The number of esters is 1. The van der Waals surface area contributed by atoms with Crippen LogP contribution in [-0.2, 0) is 51.4 Å². The standard InChI is InChI=1S/C67H90N10O8/c1-72(2)51-30-26-47-41-48-27-31-52(73(3)4)44-57(48)76(56(47)43-51)39-18-9-12-22-62(80)68-36-15-11-16-38-70-67(84)55(21-14-17-37-69-63(81)24-20-25-65(83)85-66-60(78)34-35-61(66)79)71-64(82)23-13-10-19-40-77-58-45-53(74(5)6)32-28-49(58)42-50-29-33-54(75(7)8)46-59(50)77/h26-33,41-46,55,66H,9-25,34-40H2,1-8H3,(H2-2,68,69,70,71,80,81,82,84)/p+2. The molecule has 0 bridgehead atoms. The average Bonchev–Trinajstić information content (AvgIpc) is 2.95. The fourth-order valence-electron chi connectivity index (χ4n) is 11.0. The molecule has 1 aliphatic carbocycles. The molecule has 4 amide bonds. The molecule has 0 radical (unpaired) electrons. The molecule has 1 atom stereocenters. The predicted molar refractivity (Wildman–Crippen MR) is 339 cm³/mol. The van der Waals surface area contributed by atoms with Crippen molar-refractivity contribution in [1.82, 2.24) is 21.3 Å². The summed E-state index contributed by atoms with van der Waals surface area (Å²) in [5.74, 6) is -2.10. The number of benzene rings is 4. The highest BCUT2D eigenvalue weighted by molar-refractivity contribution is 6.12. The molecule has 0 saturated heterocycles. The number of aryl methyl sites for hydroxylation is 2. The topological polar surface area (TPSA) is 198 Å². The highest BCUT2D eigenvalue weighted by atomic mass is 16.6. The zero-order valence-electron chi connectivity index (χ0n) is 51.7. The summed E-state index contributed by atoms with van der Waals surface area (Å²) in [5, 5.41) is 16.7. The molecular weight excluding hydrogens is 1070 g/mol. The summed E-state index contributed by atoms with van der Waals surface area (Å²) in [5.41, 5.74) is 9.24. The van der Waals surface area contributed by atoms with E-state index < -0.39 is 29.7 Å². The first-order valence-electron chi connectivity index (χ1n) is 30.7. The van der Waals surface area contributed by atoms with E-state index in [2.05, 4.69) is 163 Å². The number of carbonyl (C=O) groups is 7. The lowest BCUT2D eigenvalue weighted by atomic mass is 10.1. The molecule has 4 aromatic carbocycles. The lowest BCUT2D eigenvalue weighted by molar-refractivity contribution is -0.646. The van der Waals surface area contributed by atoms with Gasteiger partial charge in [0.15, 0.2) is 11.6 Å². The number of nitrogens with zero attached hydrogens (tertiary/aromatic N) is 6. The van der Waals surface area contributed by atoms with Crippen molar-refractivity contribution < 1.29 is 47.4 Å². The number of Topliss-reactive ketones (excluding diaryl/α,β-unsaturated/α-hetero) is 2. The second kappa shape index (κ2) is 31.8. The van der Waals surface area contributed by atoms with Crippen molar-refractivity contribution in [3.05, 3.63) is 84.9 Å². The summed E-state index contributed by atoms with van der Waals surface area (Å²) in [6.07, 6.45) is 8.59. The highest BCUT2D eigenvalue weighted by Gasteiger charge is 2.36. The summed E-state index contributed by atoms with van der Waals surface area (Å²) >= 11 is 0. The average molecular weight is 1170 g/mol. The molecule has 0 spiro atoms. The third-order valence-corrected chi connectivity index (χ3v) is 16.1. The van der Waals surface area contributed by atoms with E-state index >= 15 is 0 Å². The van der Waals surface area contributed by atoms with Crippen molar-refractivity contribution in [2.24, 2.45) is 0 Å². The molecule has 2 aromatic heterocycles. The molecule has 1 saturated carbocycles. The van der Waals surface area contributed by atoms with E-state index in [1.165, 1.54) is 21.8 Å². The van der Waals surface area contributed by atoms with Gasteiger partial charge in [-0.05, 0) is 131 Å². The Bertz CT molecular complexity index is 3170. The van der Waals surface area contributed by atoms with Gasteiger partial charge in [-0.25, -0.2) is 0 Å². The van der Waals surface area contributed by atoms with Crippen LogP contribution >= 0.6 is 0 Å².